The quantitative estimate of drug-likeness (QED) is 0.562. The average molecular weight is 481 g/mol. The normalized spacial score (nSPS) is 16.5. The largest absolute Gasteiger partial charge is 0.338 e. The highest BCUT2D eigenvalue weighted by molar-refractivity contribution is 7.89. The van der Waals surface area contributed by atoms with Crippen molar-refractivity contribution in [2.24, 2.45) is 5.92 Å². The fourth-order valence-corrected chi connectivity index (χ4v) is 5.54. The lowest BCUT2D eigenvalue weighted by molar-refractivity contribution is -0.137. The Kier molecular flexibility index (Phi) is 6.19. The van der Waals surface area contributed by atoms with Crippen molar-refractivity contribution in [1.82, 2.24) is 18.8 Å². The summed E-state index contributed by atoms with van der Waals surface area (Å²) in [4.78, 5) is 18.9. The molecule has 0 aliphatic carbocycles. The van der Waals surface area contributed by atoms with E-state index in [-0.39, 0.29) is 48.4 Å². The molecule has 1 aromatic heterocycles. The van der Waals surface area contributed by atoms with Crippen LogP contribution in [0.25, 0.3) is 11.0 Å². The number of halogens is 3. The highest BCUT2D eigenvalue weighted by atomic mass is 32.2. The third-order valence-electron chi connectivity index (χ3n) is 5.79. The third-order valence-corrected chi connectivity index (χ3v) is 7.68. The van der Waals surface area contributed by atoms with Crippen molar-refractivity contribution in [3.63, 3.8) is 0 Å². The summed E-state index contributed by atoms with van der Waals surface area (Å²) in [6.45, 7) is 4.07. The Labute approximate surface area is 189 Å². The summed E-state index contributed by atoms with van der Waals surface area (Å²) >= 11 is 0. The zero-order valence-corrected chi connectivity index (χ0v) is 18.9. The van der Waals surface area contributed by atoms with Gasteiger partial charge in [0.15, 0.2) is 11.6 Å². The maximum atomic E-state index is 13.8. The number of hydrogen-bond acceptors (Lipinski definition) is 4. The molecule has 176 valence electrons. The molecule has 0 bridgehead atoms. The Balaban J connectivity index is 1.54. The second-order valence-corrected chi connectivity index (χ2v) is 10.2. The molecular weight excluding hydrogens is 457 g/mol. The first kappa shape index (κ1) is 23.2. The van der Waals surface area contributed by atoms with Crippen molar-refractivity contribution >= 4 is 27.0 Å². The molecule has 4 rings (SSSR count). The van der Waals surface area contributed by atoms with Gasteiger partial charge in [0.2, 0.25) is 15.9 Å². The number of hydrogen-bond donors (Lipinski definition) is 0. The minimum Gasteiger partial charge on any atom is -0.338 e. The highest BCUT2D eigenvalue weighted by Gasteiger charge is 2.35. The predicted molar refractivity (Wildman–Crippen MR) is 115 cm³/mol. The third kappa shape index (κ3) is 4.34. The van der Waals surface area contributed by atoms with E-state index in [0.29, 0.717) is 5.52 Å². The molecule has 1 saturated heterocycles. The molecule has 7 nitrogen and oxygen atoms in total. The van der Waals surface area contributed by atoms with Crippen molar-refractivity contribution in [2.45, 2.75) is 24.8 Å². The molecule has 0 N–H and O–H groups in total. The van der Waals surface area contributed by atoms with Gasteiger partial charge in [-0.2, -0.15) is 4.31 Å². The smallest absolute Gasteiger partial charge is 0.246 e. The van der Waals surface area contributed by atoms with E-state index in [4.69, 9.17) is 0 Å². The van der Waals surface area contributed by atoms with Crippen LogP contribution >= 0.6 is 0 Å². The van der Waals surface area contributed by atoms with Gasteiger partial charge in [0.05, 0.1) is 22.3 Å². The van der Waals surface area contributed by atoms with E-state index < -0.39 is 33.5 Å². The average Bonchev–Trinajstić information content (AvgIpc) is 3.16. The first-order chi connectivity index (χ1) is 15.6. The van der Waals surface area contributed by atoms with Crippen LogP contribution < -0.4 is 0 Å². The highest BCUT2D eigenvalue weighted by Crippen LogP contribution is 2.28. The van der Waals surface area contributed by atoms with Crippen LogP contribution in [-0.2, 0) is 14.8 Å². The fraction of sp³-hybridized carbons (Fsp3) is 0.364. The van der Waals surface area contributed by atoms with Crippen molar-refractivity contribution in [2.75, 3.05) is 26.2 Å². The standard InChI is InChI=1S/C22H23F3N4O3S/c1-14(2)21(29-13-26-19-11-17(24)18(25)12-20(19)29)22(30)27-6-8-28(9-7-27)33(31,32)16-5-3-4-15(23)10-16/h3-5,10-14,21H,6-9H2,1-2H3. The zero-order chi connectivity index (χ0) is 23.9. The topological polar surface area (TPSA) is 75.5 Å². The van der Waals surface area contributed by atoms with Gasteiger partial charge in [-0.05, 0) is 24.1 Å². The van der Waals surface area contributed by atoms with Crippen LogP contribution in [-0.4, -0.2) is 59.3 Å². The minimum absolute atomic E-state index is 0.0555. The van der Waals surface area contributed by atoms with Gasteiger partial charge in [0.25, 0.3) is 0 Å². The Morgan fingerprint density at radius 1 is 1.00 bits per heavy atom. The Morgan fingerprint density at radius 3 is 2.30 bits per heavy atom. The summed E-state index contributed by atoms with van der Waals surface area (Å²) < 4.78 is 69.3. The molecule has 2 aromatic carbocycles. The van der Waals surface area contributed by atoms with Crippen LogP contribution in [0.3, 0.4) is 0 Å². The number of aromatic nitrogens is 2. The van der Waals surface area contributed by atoms with E-state index in [1.54, 1.807) is 4.90 Å². The molecule has 1 aliphatic rings. The van der Waals surface area contributed by atoms with Gasteiger partial charge in [0.1, 0.15) is 11.9 Å². The maximum Gasteiger partial charge on any atom is 0.246 e. The number of imidazole rings is 1. The summed E-state index contributed by atoms with van der Waals surface area (Å²) in [5, 5.41) is 0. The number of nitrogens with zero attached hydrogens (tertiary/aromatic N) is 4. The molecule has 0 saturated carbocycles. The van der Waals surface area contributed by atoms with Gasteiger partial charge >= 0.3 is 0 Å². The van der Waals surface area contributed by atoms with Gasteiger partial charge in [-0.1, -0.05) is 19.9 Å². The van der Waals surface area contributed by atoms with Crippen molar-refractivity contribution in [3.8, 4) is 0 Å². The van der Waals surface area contributed by atoms with Crippen LogP contribution in [0.1, 0.15) is 19.9 Å². The maximum absolute atomic E-state index is 13.8. The first-order valence-electron chi connectivity index (χ1n) is 10.5. The number of carbonyl (C=O) groups is 1. The molecule has 11 heteroatoms. The Bertz CT molecular complexity index is 1300. The molecule has 1 fully saturated rings. The van der Waals surface area contributed by atoms with Crippen LogP contribution in [0.15, 0.2) is 47.6 Å². The lowest BCUT2D eigenvalue weighted by atomic mass is 10.0. The molecule has 1 aliphatic heterocycles. The molecule has 0 radical (unpaired) electrons. The van der Waals surface area contributed by atoms with E-state index in [9.17, 15) is 26.4 Å². The minimum atomic E-state index is -3.89. The summed E-state index contributed by atoms with van der Waals surface area (Å²) in [7, 11) is -3.89. The lowest BCUT2D eigenvalue weighted by Crippen LogP contribution is -2.52. The number of benzene rings is 2. The van der Waals surface area contributed by atoms with E-state index in [2.05, 4.69) is 4.98 Å². The Morgan fingerprint density at radius 2 is 1.67 bits per heavy atom. The molecule has 1 unspecified atom stereocenters. The van der Waals surface area contributed by atoms with Gasteiger partial charge in [-0.15, -0.1) is 0 Å². The fourth-order valence-electron chi connectivity index (χ4n) is 4.08. The van der Waals surface area contributed by atoms with Crippen LogP contribution in [0, 0.1) is 23.4 Å². The van der Waals surface area contributed by atoms with E-state index in [1.807, 2.05) is 13.8 Å². The van der Waals surface area contributed by atoms with Crippen LogP contribution in [0.5, 0.6) is 0 Å². The van der Waals surface area contributed by atoms with Crippen molar-refractivity contribution in [1.29, 1.82) is 0 Å². The summed E-state index contributed by atoms with van der Waals surface area (Å²) in [5.41, 5.74) is 0.534. The van der Waals surface area contributed by atoms with Gasteiger partial charge in [-0.3, -0.25) is 4.79 Å². The van der Waals surface area contributed by atoms with Gasteiger partial charge in [-0.25, -0.2) is 26.6 Å². The number of amides is 1. The summed E-state index contributed by atoms with van der Waals surface area (Å²) in [6, 6.07) is 6.07. The number of fused-ring (bicyclic) bond motifs is 1. The second-order valence-electron chi connectivity index (χ2n) is 8.28. The lowest BCUT2D eigenvalue weighted by Gasteiger charge is -2.37. The summed E-state index contributed by atoms with van der Waals surface area (Å²) in [5.74, 6) is -3.16. The number of carbonyl (C=O) groups excluding carboxylic acids is 1. The molecule has 3 aromatic rings. The molecule has 0 spiro atoms. The number of rotatable bonds is 5. The molecule has 33 heavy (non-hydrogen) atoms. The number of sulfonamides is 1. The van der Waals surface area contributed by atoms with E-state index >= 15 is 0 Å². The van der Waals surface area contributed by atoms with Crippen LogP contribution in [0.2, 0.25) is 0 Å². The molecule has 1 atom stereocenters. The van der Waals surface area contributed by atoms with E-state index in [0.717, 1.165) is 18.2 Å². The Hall–Kier alpha value is -2.92. The van der Waals surface area contributed by atoms with Gasteiger partial charge in [0, 0.05) is 38.3 Å². The monoisotopic (exact) mass is 480 g/mol. The zero-order valence-electron chi connectivity index (χ0n) is 18.1. The summed E-state index contributed by atoms with van der Waals surface area (Å²) in [6.07, 6.45) is 1.39. The van der Waals surface area contributed by atoms with E-state index in [1.165, 1.54) is 33.4 Å². The predicted octanol–water partition coefficient (Wildman–Crippen LogP) is 3.18. The second kappa shape index (κ2) is 8.79. The number of piperazine rings is 1. The van der Waals surface area contributed by atoms with Crippen molar-refractivity contribution < 1.29 is 26.4 Å². The van der Waals surface area contributed by atoms with Crippen molar-refractivity contribution in [3.05, 3.63) is 60.2 Å². The SMILES string of the molecule is CC(C)C(C(=O)N1CCN(S(=O)(=O)c2cccc(F)c2)CC1)n1cnc2cc(F)c(F)cc21. The van der Waals surface area contributed by atoms with Gasteiger partial charge < -0.3 is 9.47 Å². The first-order valence-corrected chi connectivity index (χ1v) is 11.9. The molecule has 1 amide bonds. The molecule has 2 heterocycles. The molecular formula is C22H23F3N4O3S. The van der Waals surface area contributed by atoms with Crippen LogP contribution in [0.4, 0.5) is 13.2 Å².